The lowest BCUT2D eigenvalue weighted by Gasteiger charge is -2.08. The summed E-state index contributed by atoms with van der Waals surface area (Å²) in [6.45, 7) is 1.49. The van der Waals surface area contributed by atoms with Crippen LogP contribution in [0, 0.1) is 0 Å². The Balaban J connectivity index is 2.44. The number of amides is 1. The number of carbonyl (C=O) groups is 2. The van der Waals surface area contributed by atoms with Crippen LogP contribution >= 0.6 is 0 Å². The smallest absolute Gasteiger partial charge is 0.341 e. The Morgan fingerprint density at radius 1 is 1.45 bits per heavy atom. The number of carboxylic acids is 1. The summed E-state index contributed by atoms with van der Waals surface area (Å²) in [5.41, 5.74) is 6.19. The normalized spacial score (nSPS) is 11.7. The summed E-state index contributed by atoms with van der Waals surface area (Å²) in [4.78, 5) is 22.1. The third-order valence-electron chi connectivity index (χ3n) is 2.54. The zero-order valence-corrected chi connectivity index (χ0v) is 11.5. The van der Waals surface area contributed by atoms with Crippen LogP contribution in [0.2, 0.25) is 0 Å². The number of carboxylic acid groups (broad SMARTS) is 1. The van der Waals surface area contributed by atoms with Crippen molar-refractivity contribution < 1.29 is 19.4 Å². The zero-order valence-electron chi connectivity index (χ0n) is 11.5. The SMILES string of the molecule is CC(N)CCCC(=O)Nc1cccc(OCC(=O)O)c1. The average molecular weight is 280 g/mol. The second-order valence-electron chi connectivity index (χ2n) is 4.63. The molecular formula is C14H20N2O4. The van der Waals surface area contributed by atoms with Crippen LogP contribution in [0.5, 0.6) is 5.75 Å². The number of carbonyl (C=O) groups excluding carboxylic acids is 1. The number of anilines is 1. The minimum atomic E-state index is -1.05. The molecule has 6 nitrogen and oxygen atoms in total. The quantitative estimate of drug-likeness (QED) is 0.671. The van der Waals surface area contributed by atoms with E-state index in [2.05, 4.69) is 5.32 Å². The number of ether oxygens (including phenoxy) is 1. The van der Waals surface area contributed by atoms with Crippen molar-refractivity contribution >= 4 is 17.6 Å². The molecule has 0 saturated heterocycles. The number of aliphatic carboxylic acids is 1. The number of benzene rings is 1. The van der Waals surface area contributed by atoms with E-state index in [1.165, 1.54) is 0 Å². The molecule has 6 heteroatoms. The van der Waals surface area contributed by atoms with Crippen molar-refractivity contribution in [1.29, 1.82) is 0 Å². The van der Waals surface area contributed by atoms with Crippen LogP contribution in [0.25, 0.3) is 0 Å². The van der Waals surface area contributed by atoms with Crippen molar-refractivity contribution in [3.8, 4) is 5.75 Å². The van der Waals surface area contributed by atoms with Gasteiger partial charge in [0.25, 0.3) is 0 Å². The highest BCUT2D eigenvalue weighted by Gasteiger charge is 2.05. The van der Waals surface area contributed by atoms with Gasteiger partial charge in [-0.3, -0.25) is 4.79 Å². The fourth-order valence-corrected chi connectivity index (χ4v) is 1.62. The largest absolute Gasteiger partial charge is 0.482 e. The average Bonchev–Trinajstić information content (AvgIpc) is 2.36. The monoisotopic (exact) mass is 280 g/mol. The van der Waals surface area contributed by atoms with Crippen LogP contribution < -0.4 is 15.8 Å². The number of hydrogen-bond acceptors (Lipinski definition) is 4. The van der Waals surface area contributed by atoms with Gasteiger partial charge < -0.3 is 20.9 Å². The van der Waals surface area contributed by atoms with E-state index in [4.69, 9.17) is 15.6 Å². The van der Waals surface area contributed by atoms with E-state index in [0.29, 0.717) is 17.9 Å². The second-order valence-corrected chi connectivity index (χ2v) is 4.63. The minimum Gasteiger partial charge on any atom is -0.482 e. The molecule has 0 radical (unpaired) electrons. The molecule has 1 rings (SSSR count). The molecule has 1 amide bonds. The van der Waals surface area contributed by atoms with E-state index in [-0.39, 0.29) is 11.9 Å². The summed E-state index contributed by atoms with van der Waals surface area (Å²) >= 11 is 0. The van der Waals surface area contributed by atoms with E-state index in [1.807, 2.05) is 6.92 Å². The van der Waals surface area contributed by atoms with Crippen molar-refractivity contribution in [3.63, 3.8) is 0 Å². The van der Waals surface area contributed by atoms with Gasteiger partial charge in [-0.1, -0.05) is 6.07 Å². The summed E-state index contributed by atoms with van der Waals surface area (Å²) in [7, 11) is 0. The van der Waals surface area contributed by atoms with Gasteiger partial charge in [-0.25, -0.2) is 4.79 Å². The lowest BCUT2D eigenvalue weighted by Crippen LogP contribution is -2.16. The van der Waals surface area contributed by atoms with Crippen molar-refractivity contribution in [2.45, 2.75) is 32.2 Å². The topological polar surface area (TPSA) is 102 Å². The molecule has 1 aromatic carbocycles. The molecule has 0 saturated carbocycles. The Kier molecular flexibility index (Phi) is 6.52. The zero-order chi connectivity index (χ0) is 15.0. The Hall–Kier alpha value is -2.08. The van der Waals surface area contributed by atoms with Gasteiger partial charge in [-0.05, 0) is 31.9 Å². The van der Waals surface area contributed by atoms with Crippen LogP contribution in [0.3, 0.4) is 0 Å². The number of nitrogens with two attached hydrogens (primary N) is 1. The van der Waals surface area contributed by atoms with Crippen LogP contribution in [-0.4, -0.2) is 29.6 Å². The first kappa shape index (κ1) is 16.0. The lowest BCUT2D eigenvalue weighted by molar-refractivity contribution is -0.139. The van der Waals surface area contributed by atoms with E-state index in [0.717, 1.165) is 12.8 Å². The summed E-state index contributed by atoms with van der Waals surface area (Å²) in [6, 6.07) is 6.72. The summed E-state index contributed by atoms with van der Waals surface area (Å²) in [6.07, 6.45) is 1.94. The molecule has 0 heterocycles. The summed E-state index contributed by atoms with van der Waals surface area (Å²) in [5.74, 6) is -0.739. The highest BCUT2D eigenvalue weighted by atomic mass is 16.5. The highest BCUT2D eigenvalue weighted by Crippen LogP contribution is 2.17. The molecule has 1 aromatic rings. The standard InChI is InChI=1S/C14H20N2O4/c1-10(15)4-2-7-13(17)16-11-5-3-6-12(8-11)20-9-14(18)19/h3,5-6,8,10H,2,4,7,9,15H2,1H3,(H,16,17)(H,18,19). The molecule has 1 unspecified atom stereocenters. The molecule has 4 N–H and O–H groups in total. The molecule has 0 aromatic heterocycles. The minimum absolute atomic E-state index is 0.0931. The molecule has 1 atom stereocenters. The summed E-state index contributed by atoms with van der Waals surface area (Å²) < 4.78 is 5.03. The van der Waals surface area contributed by atoms with Gasteiger partial charge in [0.15, 0.2) is 6.61 Å². The van der Waals surface area contributed by atoms with Gasteiger partial charge in [0, 0.05) is 24.2 Å². The van der Waals surface area contributed by atoms with Gasteiger partial charge in [0.1, 0.15) is 5.75 Å². The van der Waals surface area contributed by atoms with Gasteiger partial charge in [-0.2, -0.15) is 0 Å². The number of rotatable bonds is 8. The molecule has 0 aliphatic rings. The Labute approximate surface area is 117 Å². The molecule has 110 valence electrons. The molecule has 0 bridgehead atoms. The summed E-state index contributed by atoms with van der Waals surface area (Å²) in [5, 5.41) is 11.3. The van der Waals surface area contributed by atoms with Crippen molar-refractivity contribution in [2.24, 2.45) is 5.73 Å². The predicted octanol–water partition coefficient (Wildman–Crippen LogP) is 1.61. The fraction of sp³-hybridized carbons (Fsp3) is 0.429. The van der Waals surface area contributed by atoms with Crippen molar-refractivity contribution in [3.05, 3.63) is 24.3 Å². The third kappa shape index (κ3) is 6.75. The molecule has 20 heavy (non-hydrogen) atoms. The Morgan fingerprint density at radius 2 is 2.20 bits per heavy atom. The first-order valence-electron chi connectivity index (χ1n) is 6.47. The number of hydrogen-bond donors (Lipinski definition) is 3. The Morgan fingerprint density at radius 3 is 2.85 bits per heavy atom. The van der Waals surface area contributed by atoms with Gasteiger partial charge in [0.2, 0.25) is 5.91 Å². The van der Waals surface area contributed by atoms with Gasteiger partial charge in [0.05, 0.1) is 0 Å². The number of nitrogens with one attached hydrogen (secondary N) is 1. The first-order valence-corrected chi connectivity index (χ1v) is 6.47. The predicted molar refractivity (Wildman–Crippen MR) is 75.7 cm³/mol. The second kappa shape index (κ2) is 8.16. The molecule has 0 fully saturated rings. The van der Waals surface area contributed by atoms with E-state index in [1.54, 1.807) is 24.3 Å². The maximum atomic E-state index is 11.7. The van der Waals surface area contributed by atoms with E-state index < -0.39 is 12.6 Å². The molecular weight excluding hydrogens is 260 g/mol. The van der Waals surface area contributed by atoms with Crippen molar-refractivity contribution in [1.82, 2.24) is 0 Å². The highest BCUT2D eigenvalue weighted by molar-refractivity contribution is 5.90. The fourth-order valence-electron chi connectivity index (χ4n) is 1.62. The van der Waals surface area contributed by atoms with Crippen LogP contribution in [0.15, 0.2) is 24.3 Å². The first-order chi connectivity index (χ1) is 9.47. The molecule has 0 spiro atoms. The maximum Gasteiger partial charge on any atom is 0.341 e. The molecule has 0 aliphatic heterocycles. The van der Waals surface area contributed by atoms with Crippen LogP contribution in [0.4, 0.5) is 5.69 Å². The van der Waals surface area contributed by atoms with Crippen LogP contribution in [0.1, 0.15) is 26.2 Å². The molecule has 0 aliphatic carbocycles. The lowest BCUT2D eigenvalue weighted by atomic mass is 10.1. The Bertz CT molecular complexity index is 460. The van der Waals surface area contributed by atoms with E-state index in [9.17, 15) is 9.59 Å². The third-order valence-corrected chi connectivity index (χ3v) is 2.54. The van der Waals surface area contributed by atoms with E-state index >= 15 is 0 Å². The van der Waals surface area contributed by atoms with Crippen molar-refractivity contribution in [2.75, 3.05) is 11.9 Å². The van der Waals surface area contributed by atoms with Gasteiger partial charge >= 0.3 is 5.97 Å². The van der Waals surface area contributed by atoms with Gasteiger partial charge in [-0.15, -0.1) is 0 Å². The van der Waals surface area contributed by atoms with Crippen LogP contribution in [-0.2, 0) is 9.59 Å². The maximum absolute atomic E-state index is 11.7.